The number of carboxylic acid groups (broad SMARTS) is 1. The number of alkyl halides is 3. The summed E-state index contributed by atoms with van der Waals surface area (Å²) in [6.45, 7) is 5.76. The quantitative estimate of drug-likeness (QED) is 0.244. The van der Waals surface area contributed by atoms with Crippen LogP contribution >= 0.6 is 0 Å². The summed E-state index contributed by atoms with van der Waals surface area (Å²) >= 11 is 0. The molecule has 2 heterocycles. The molecule has 2 amide bonds. The van der Waals surface area contributed by atoms with Crippen molar-refractivity contribution in [2.45, 2.75) is 64.3 Å². The number of halogens is 3. The third-order valence-corrected chi connectivity index (χ3v) is 5.60. The van der Waals surface area contributed by atoms with Crippen molar-refractivity contribution >= 4 is 18.1 Å². The van der Waals surface area contributed by atoms with Crippen LogP contribution in [0.1, 0.15) is 64.0 Å². The Hall–Kier alpha value is -3.88. The number of carbonyl (C=O) groups is 2. The molecule has 2 aromatic rings. The molecule has 1 aliphatic rings. The van der Waals surface area contributed by atoms with Crippen LogP contribution in [0.4, 0.5) is 22.8 Å². The van der Waals surface area contributed by atoms with Gasteiger partial charge in [-0.15, -0.1) is 4.99 Å². The second kappa shape index (κ2) is 13.0. The number of nitrogens with one attached hydrogen (secondary N) is 1. The molecule has 0 unspecified atom stereocenters. The second-order valence-electron chi connectivity index (χ2n) is 9.91. The summed E-state index contributed by atoms with van der Waals surface area (Å²) in [6.07, 6.45) is -5.00. The van der Waals surface area contributed by atoms with Gasteiger partial charge in [-0.1, -0.05) is 5.16 Å². The molecule has 1 atom stereocenters. The number of benzene rings is 1. The Kier molecular flexibility index (Phi) is 9.95. The zero-order chi connectivity index (χ0) is 29.5. The number of amides is 2. The smallest absolute Gasteiger partial charge is 0.437 e. The molecule has 0 aliphatic carbocycles. The van der Waals surface area contributed by atoms with Crippen LogP contribution in [-0.2, 0) is 15.7 Å². The van der Waals surface area contributed by atoms with Crippen LogP contribution in [0.5, 0.6) is 5.75 Å². The Morgan fingerprint density at radius 2 is 1.95 bits per heavy atom. The van der Waals surface area contributed by atoms with Gasteiger partial charge in [-0.05, 0) is 64.7 Å². The van der Waals surface area contributed by atoms with Gasteiger partial charge in [0.1, 0.15) is 17.4 Å². The fourth-order valence-electron chi connectivity index (χ4n) is 3.94. The standard InChI is InChI=1S/C25H32F3N5O7/c1-24(2,3)39-23(36)31-21(30-22(34)35)33-11-7-8-17(33)20-29-19(32-40-20)15-9-10-18(16(14-15)25(26,27)28)38-13-6-5-12-37-4/h9-10,14,17H,5-8,11-13H2,1-4H3,(H,34,35)(H,30,31,36)/t17-/m0/s1. The molecule has 3 rings (SSSR count). The van der Waals surface area contributed by atoms with Crippen molar-refractivity contribution in [2.24, 2.45) is 4.99 Å². The molecule has 0 radical (unpaired) electrons. The molecule has 12 nitrogen and oxygen atoms in total. The molecule has 0 bridgehead atoms. The number of nitrogens with zero attached hydrogens (tertiary/aromatic N) is 4. The number of likely N-dealkylation sites (tertiary alicyclic amines) is 1. The maximum absolute atomic E-state index is 13.8. The van der Waals surface area contributed by atoms with Crippen molar-refractivity contribution in [3.8, 4) is 17.1 Å². The molecule has 40 heavy (non-hydrogen) atoms. The molecule has 1 fully saturated rings. The lowest BCUT2D eigenvalue weighted by molar-refractivity contribution is -0.138. The number of ether oxygens (including phenoxy) is 3. The summed E-state index contributed by atoms with van der Waals surface area (Å²) in [4.78, 5) is 33.1. The van der Waals surface area contributed by atoms with E-state index in [0.29, 0.717) is 38.8 Å². The number of guanidine groups is 1. The summed E-state index contributed by atoms with van der Waals surface area (Å²) in [5.41, 5.74) is -1.80. The minimum absolute atomic E-state index is 0.0172. The Bertz CT molecular complexity index is 1210. The van der Waals surface area contributed by atoms with Gasteiger partial charge in [0.25, 0.3) is 0 Å². The van der Waals surface area contributed by atoms with Gasteiger partial charge in [-0.2, -0.15) is 18.2 Å². The number of unbranched alkanes of at least 4 members (excludes halogenated alkanes) is 1. The average Bonchev–Trinajstić information content (AvgIpc) is 3.51. The predicted molar refractivity (Wildman–Crippen MR) is 135 cm³/mol. The van der Waals surface area contributed by atoms with E-state index in [-0.39, 0.29) is 35.6 Å². The maximum Gasteiger partial charge on any atom is 0.437 e. The maximum atomic E-state index is 13.8. The molecular weight excluding hydrogens is 539 g/mol. The van der Waals surface area contributed by atoms with E-state index in [2.05, 4.69) is 20.4 Å². The van der Waals surface area contributed by atoms with Crippen molar-refractivity contribution in [1.29, 1.82) is 0 Å². The van der Waals surface area contributed by atoms with Crippen molar-refractivity contribution in [2.75, 3.05) is 26.9 Å². The Morgan fingerprint density at radius 3 is 2.60 bits per heavy atom. The van der Waals surface area contributed by atoms with E-state index in [1.165, 1.54) is 17.0 Å². The van der Waals surface area contributed by atoms with Gasteiger partial charge in [0.05, 0.1) is 12.2 Å². The summed E-state index contributed by atoms with van der Waals surface area (Å²) in [5, 5.41) is 15.2. The SMILES string of the molecule is COCCCCOc1ccc(-c2noc([C@@H]3CCCN3C(=NC(=O)OC(C)(C)C)NC(=O)O)n2)cc1C(F)(F)F. The molecule has 1 aromatic carbocycles. The van der Waals surface area contributed by atoms with Crippen LogP contribution in [0.25, 0.3) is 11.4 Å². The van der Waals surface area contributed by atoms with Gasteiger partial charge in [0, 0.05) is 25.8 Å². The molecule has 1 aliphatic heterocycles. The van der Waals surface area contributed by atoms with Crippen molar-refractivity contribution in [3.05, 3.63) is 29.7 Å². The van der Waals surface area contributed by atoms with Gasteiger partial charge >= 0.3 is 18.4 Å². The summed E-state index contributed by atoms with van der Waals surface area (Å²) < 4.78 is 62.2. The Balaban J connectivity index is 1.84. The highest BCUT2D eigenvalue weighted by Gasteiger charge is 2.37. The highest BCUT2D eigenvalue weighted by molar-refractivity contribution is 5.98. The fraction of sp³-hybridized carbons (Fsp3) is 0.560. The summed E-state index contributed by atoms with van der Waals surface area (Å²) in [6, 6.07) is 2.79. The van der Waals surface area contributed by atoms with Crippen molar-refractivity contribution < 1.29 is 46.6 Å². The van der Waals surface area contributed by atoms with E-state index in [9.17, 15) is 27.9 Å². The van der Waals surface area contributed by atoms with Gasteiger partial charge in [0.2, 0.25) is 17.7 Å². The zero-order valence-corrected chi connectivity index (χ0v) is 22.6. The molecule has 0 spiro atoms. The number of aromatic nitrogens is 2. The molecule has 15 heteroatoms. The van der Waals surface area contributed by atoms with Crippen LogP contribution in [0.3, 0.4) is 0 Å². The highest BCUT2D eigenvalue weighted by Crippen LogP contribution is 2.39. The third-order valence-electron chi connectivity index (χ3n) is 5.60. The predicted octanol–water partition coefficient (Wildman–Crippen LogP) is 5.26. The van der Waals surface area contributed by atoms with E-state index in [1.54, 1.807) is 27.9 Å². The Morgan fingerprint density at radius 1 is 1.23 bits per heavy atom. The minimum atomic E-state index is -4.69. The van der Waals surface area contributed by atoms with E-state index < -0.39 is 35.6 Å². The first-order valence-electron chi connectivity index (χ1n) is 12.5. The zero-order valence-electron chi connectivity index (χ0n) is 22.6. The molecule has 0 saturated carbocycles. The molecule has 1 aromatic heterocycles. The van der Waals surface area contributed by atoms with E-state index in [1.807, 2.05) is 0 Å². The largest absolute Gasteiger partial charge is 0.493 e. The van der Waals surface area contributed by atoms with Gasteiger partial charge in [-0.25, -0.2) is 9.59 Å². The minimum Gasteiger partial charge on any atom is -0.493 e. The molecule has 2 N–H and O–H groups in total. The van der Waals surface area contributed by atoms with Crippen LogP contribution in [0.2, 0.25) is 0 Å². The lowest BCUT2D eigenvalue weighted by Gasteiger charge is -2.25. The second-order valence-corrected chi connectivity index (χ2v) is 9.91. The normalized spacial score (nSPS) is 16.2. The number of hydrogen-bond acceptors (Lipinski definition) is 8. The van der Waals surface area contributed by atoms with Crippen molar-refractivity contribution in [3.63, 3.8) is 0 Å². The topological polar surface area (TPSA) is 149 Å². The van der Waals surface area contributed by atoms with E-state index in [4.69, 9.17) is 18.7 Å². The van der Waals surface area contributed by atoms with Gasteiger partial charge in [-0.3, -0.25) is 5.32 Å². The molecule has 220 valence electrons. The number of aliphatic imine (C=N–C) groups is 1. The first kappa shape index (κ1) is 30.7. The summed E-state index contributed by atoms with van der Waals surface area (Å²) in [7, 11) is 1.54. The molecule has 1 saturated heterocycles. The lowest BCUT2D eigenvalue weighted by Crippen LogP contribution is -2.44. The monoisotopic (exact) mass is 571 g/mol. The van der Waals surface area contributed by atoms with E-state index >= 15 is 0 Å². The van der Waals surface area contributed by atoms with Crippen LogP contribution < -0.4 is 10.1 Å². The molecular formula is C25H32F3N5O7. The number of rotatable bonds is 8. The highest BCUT2D eigenvalue weighted by atomic mass is 19.4. The third kappa shape index (κ3) is 8.56. The Labute approximate surface area is 228 Å². The fourth-order valence-corrected chi connectivity index (χ4v) is 3.94. The van der Waals surface area contributed by atoms with E-state index in [0.717, 1.165) is 6.07 Å². The van der Waals surface area contributed by atoms with Crippen molar-refractivity contribution in [1.82, 2.24) is 20.4 Å². The van der Waals surface area contributed by atoms with Crippen LogP contribution in [0, 0.1) is 0 Å². The van der Waals surface area contributed by atoms with Gasteiger partial charge in [0.15, 0.2) is 0 Å². The number of methoxy groups -OCH3 is 1. The van der Waals surface area contributed by atoms with Crippen LogP contribution in [0.15, 0.2) is 27.7 Å². The lowest BCUT2D eigenvalue weighted by atomic mass is 10.1. The number of hydrogen-bond donors (Lipinski definition) is 2. The van der Waals surface area contributed by atoms with Gasteiger partial charge < -0.3 is 28.7 Å². The average molecular weight is 572 g/mol. The first-order valence-corrected chi connectivity index (χ1v) is 12.5. The first-order chi connectivity index (χ1) is 18.8. The number of carbonyl (C=O) groups excluding carboxylic acids is 1. The van der Waals surface area contributed by atoms with Crippen LogP contribution in [-0.4, -0.2) is 70.8 Å². The summed E-state index contributed by atoms with van der Waals surface area (Å²) in [5.74, 6) is -0.697.